The second-order valence-electron chi connectivity index (χ2n) is 6.89. The lowest BCUT2D eigenvalue weighted by Gasteiger charge is -2.41. The van der Waals surface area contributed by atoms with Crippen molar-refractivity contribution < 1.29 is 9.90 Å². The molecule has 0 radical (unpaired) electrons. The van der Waals surface area contributed by atoms with E-state index in [-0.39, 0.29) is 5.92 Å². The van der Waals surface area contributed by atoms with Crippen LogP contribution in [0.1, 0.15) is 18.9 Å². The fourth-order valence-electron chi connectivity index (χ4n) is 3.58. The van der Waals surface area contributed by atoms with Crippen LogP contribution in [0.5, 0.6) is 0 Å². The molecule has 0 aromatic carbocycles. The molecule has 0 saturated carbocycles. The zero-order valence-electron chi connectivity index (χ0n) is 13.9. The van der Waals surface area contributed by atoms with E-state index in [0.29, 0.717) is 25.2 Å². The van der Waals surface area contributed by atoms with Crippen LogP contribution in [0.25, 0.3) is 0 Å². The lowest BCUT2D eigenvalue weighted by atomic mass is 10.1. The molecule has 2 atom stereocenters. The second-order valence-corrected chi connectivity index (χ2v) is 7.87. The second kappa shape index (κ2) is 7.25. The minimum Gasteiger partial charge on any atom is -0.481 e. The third kappa shape index (κ3) is 4.09. The smallest absolute Gasteiger partial charge is 0.309 e. The number of aromatic nitrogens is 1. The Morgan fingerprint density at radius 2 is 2.17 bits per heavy atom. The van der Waals surface area contributed by atoms with Gasteiger partial charge in [-0.05, 0) is 13.8 Å². The van der Waals surface area contributed by atoms with E-state index in [4.69, 9.17) is 0 Å². The van der Waals surface area contributed by atoms with Gasteiger partial charge in [0.1, 0.15) is 5.01 Å². The van der Waals surface area contributed by atoms with Gasteiger partial charge in [0.25, 0.3) is 0 Å². The molecular weight excluding hydrogens is 312 g/mol. The zero-order valence-corrected chi connectivity index (χ0v) is 14.7. The van der Waals surface area contributed by atoms with Crippen molar-refractivity contribution in [1.29, 1.82) is 0 Å². The fraction of sp³-hybridized carbons (Fsp3) is 0.750. The molecule has 128 valence electrons. The molecule has 2 saturated heterocycles. The highest BCUT2D eigenvalue weighted by atomic mass is 32.1. The molecule has 3 rings (SSSR count). The minimum atomic E-state index is -0.665. The van der Waals surface area contributed by atoms with Gasteiger partial charge in [-0.15, -0.1) is 11.3 Å². The van der Waals surface area contributed by atoms with Gasteiger partial charge in [0.05, 0.1) is 12.5 Å². The first-order chi connectivity index (χ1) is 11.0. The molecule has 2 aliphatic heterocycles. The Bertz CT molecular complexity index is 522. The van der Waals surface area contributed by atoms with Crippen molar-refractivity contribution in [2.45, 2.75) is 32.5 Å². The molecule has 1 N–H and O–H groups in total. The van der Waals surface area contributed by atoms with Gasteiger partial charge in [0.15, 0.2) is 0 Å². The molecule has 0 bridgehead atoms. The van der Waals surface area contributed by atoms with Crippen LogP contribution in [0.3, 0.4) is 0 Å². The van der Waals surface area contributed by atoms with Gasteiger partial charge < -0.3 is 5.11 Å². The molecule has 23 heavy (non-hydrogen) atoms. The zero-order chi connectivity index (χ0) is 16.4. The summed E-state index contributed by atoms with van der Waals surface area (Å²) >= 11 is 1.71. The number of nitrogens with zero attached hydrogens (tertiary/aromatic N) is 4. The van der Waals surface area contributed by atoms with Crippen LogP contribution in [0.2, 0.25) is 0 Å². The van der Waals surface area contributed by atoms with Gasteiger partial charge in [0, 0.05) is 62.9 Å². The largest absolute Gasteiger partial charge is 0.481 e. The van der Waals surface area contributed by atoms with Crippen LogP contribution in [0.15, 0.2) is 11.6 Å². The Labute approximate surface area is 141 Å². The molecule has 6 nitrogen and oxygen atoms in total. The Morgan fingerprint density at radius 3 is 2.83 bits per heavy atom. The number of hydrogen-bond donors (Lipinski definition) is 1. The first-order valence-electron chi connectivity index (χ1n) is 8.34. The Balaban J connectivity index is 1.68. The molecule has 0 spiro atoms. The lowest BCUT2D eigenvalue weighted by Crippen LogP contribution is -2.56. The van der Waals surface area contributed by atoms with E-state index >= 15 is 0 Å². The summed E-state index contributed by atoms with van der Waals surface area (Å²) in [4.78, 5) is 23.1. The highest BCUT2D eigenvalue weighted by Crippen LogP contribution is 2.21. The van der Waals surface area contributed by atoms with Crippen molar-refractivity contribution in [3.63, 3.8) is 0 Å². The molecular formula is C16H26N4O2S. The summed E-state index contributed by atoms with van der Waals surface area (Å²) < 4.78 is 0. The summed E-state index contributed by atoms with van der Waals surface area (Å²) in [7, 11) is 0. The van der Waals surface area contributed by atoms with Crippen LogP contribution in [0.4, 0.5) is 0 Å². The van der Waals surface area contributed by atoms with Gasteiger partial charge in [-0.25, -0.2) is 4.98 Å². The summed E-state index contributed by atoms with van der Waals surface area (Å²) in [5.41, 5.74) is 0. The summed E-state index contributed by atoms with van der Waals surface area (Å²) in [6, 6.07) is 0.793. The summed E-state index contributed by atoms with van der Waals surface area (Å²) in [6.07, 6.45) is 1.86. The molecule has 0 unspecified atom stereocenters. The molecule has 3 heterocycles. The number of fused-ring (bicyclic) bond motifs is 1. The maximum atomic E-state index is 11.6. The summed E-state index contributed by atoms with van der Waals surface area (Å²) in [5, 5.41) is 12.7. The van der Waals surface area contributed by atoms with Crippen molar-refractivity contribution in [2.75, 3.05) is 39.3 Å². The molecule has 2 aliphatic rings. The molecule has 1 aromatic heterocycles. The van der Waals surface area contributed by atoms with Crippen LogP contribution in [-0.4, -0.2) is 82.1 Å². The van der Waals surface area contributed by atoms with Crippen molar-refractivity contribution in [2.24, 2.45) is 5.92 Å². The van der Waals surface area contributed by atoms with E-state index in [2.05, 4.69) is 33.5 Å². The third-order valence-electron chi connectivity index (χ3n) is 4.97. The number of rotatable bonds is 4. The Hall–Kier alpha value is -1.02. The average Bonchev–Trinajstić information content (AvgIpc) is 2.92. The van der Waals surface area contributed by atoms with Crippen LogP contribution >= 0.6 is 11.3 Å². The molecule has 7 heteroatoms. The van der Waals surface area contributed by atoms with Crippen LogP contribution in [-0.2, 0) is 11.3 Å². The van der Waals surface area contributed by atoms with Crippen molar-refractivity contribution in [3.05, 3.63) is 16.6 Å². The third-order valence-corrected chi connectivity index (χ3v) is 5.73. The topological polar surface area (TPSA) is 59.9 Å². The predicted octanol–water partition coefficient (Wildman–Crippen LogP) is 1.05. The normalized spacial score (nSPS) is 27.8. The number of hydrogen-bond acceptors (Lipinski definition) is 6. The minimum absolute atomic E-state index is 0.284. The molecule has 0 amide bonds. The highest BCUT2D eigenvalue weighted by molar-refractivity contribution is 7.09. The number of thiazole rings is 1. The monoisotopic (exact) mass is 338 g/mol. The number of aliphatic carboxylic acids is 1. The molecule has 0 aliphatic carbocycles. The van der Waals surface area contributed by atoms with E-state index in [1.807, 2.05) is 11.6 Å². The van der Waals surface area contributed by atoms with E-state index in [0.717, 1.165) is 37.7 Å². The van der Waals surface area contributed by atoms with Crippen molar-refractivity contribution in [1.82, 2.24) is 19.7 Å². The average molecular weight is 338 g/mol. The molecule has 2 fully saturated rings. The fourth-order valence-corrected chi connectivity index (χ4v) is 4.24. The van der Waals surface area contributed by atoms with E-state index in [9.17, 15) is 9.90 Å². The quantitative estimate of drug-likeness (QED) is 0.886. The van der Waals surface area contributed by atoms with Gasteiger partial charge in [-0.1, -0.05) is 0 Å². The van der Waals surface area contributed by atoms with E-state index in [1.54, 1.807) is 11.3 Å². The van der Waals surface area contributed by atoms with Crippen molar-refractivity contribution in [3.8, 4) is 0 Å². The van der Waals surface area contributed by atoms with Gasteiger partial charge in [-0.2, -0.15) is 0 Å². The summed E-state index contributed by atoms with van der Waals surface area (Å²) in [5.74, 6) is -0.950. The predicted molar refractivity (Wildman–Crippen MR) is 90.6 cm³/mol. The van der Waals surface area contributed by atoms with Gasteiger partial charge >= 0.3 is 5.97 Å². The maximum absolute atomic E-state index is 11.6. The standard InChI is InChI=1S/C16H26N4O2S/c1-12(2)20-8-13(16(21)22)7-19-5-4-18(9-14(19)10-20)11-15-17-3-6-23-15/h3,6,12-14H,4-5,7-11H2,1-2H3,(H,21,22)/t13-,14+/m0/s1. The molecule has 1 aromatic rings. The first kappa shape index (κ1) is 16.8. The number of carboxylic acid groups (broad SMARTS) is 1. The summed E-state index contributed by atoms with van der Waals surface area (Å²) in [6.45, 7) is 10.4. The van der Waals surface area contributed by atoms with Crippen LogP contribution < -0.4 is 0 Å². The Morgan fingerprint density at radius 1 is 1.35 bits per heavy atom. The van der Waals surface area contributed by atoms with Crippen LogP contribution in [0, 0.1) is 5.92 Å². The first-order valence-corrected chi connectivity index (χ1v) is 9.22. The van der Waals surface area contributed by atoms with E-state index < -0.39 is 5.97 Å². The number of carbonyl (C=O) groups is 1. The lowest BCUT2D eigenvalue weighted by molar-refractivity contribution is -0.142. The van der Waals surface area contributed by atoms with Gasteiger partial charge in [-0.3, -0.25) is 19.5 Å². The van der Waals surface area contributed by atoms with Gasteiger partial charge in [0.2, 0.25) is 0 Å². The van der Waals surface area contributed by atoms with E-state index in [1.165, 1.54) is 0 Å². The van der Waals surface area contributed by atoms with Crippen molar-refractivity contribution >= 4 is 17.3 Å². The number of piperazine rings is 1. The number of carboxylic acids is 1. The highest BCUT2D eigenvalue weighted by Gasteiger charge is 2.36. The Kier molecular flexibility index (Phi) is 5.31. The SMILES string of the molecule is CC(C)N1C[C@@H](C(=O)O)CN2CCN(Cc3nccs3)C[C@@H]2C1. The maximum Gasteiger partial charge on any atom is 0.309 e.